The molecule has 0 amide bonds. The third-order valence-electron chi connectivity index (χ3n) is 3.38. The molecule has 0 aliphatic carbocycles. The number of nitrogens with zero attached hydrogens (tertiary/aromatic N) is 1. The van der Waals surface area contributed by atoms with Crippen molar-refractivity contribution in [3.8, 4) is 0 Å². The maximum Gasteiger partial charge on any atom is 0.0481 e. The van der Waals surface area contributed by atoms with Gasteiger partial charge in [0.15, 0.2) is 0 Å². The SMILES string of the molecule is Cc1ccc(C(CN)N(CC(C)C)CC(C)C)c(Br)c1. The third-order valence-corrected chi connectivity index (χ3v) is 4.07. The number of aryl methyl sites for hydroxylation is 1. The van der Waals surface area contributed by atoms with Crippen molar-refractivity contribution in [3.05, 3.63) is 33.8 Å². The van der Waals surface area contributed by atoms with Gasteiger partial charge in [0.25, 0.3) is 0 Å². The van der Waals surface area contributed by atoms with Crippen molar-refractivity contribution in [2.75, 3.05) is 19.6 Å². The first-order valence-electron chi connectivity index (χ1n) is 7.55. The van der Waals surface area contributed by atoms with Gasteiger partial charge in [-0.25, -0.2) is 0 Å². The fourth-order valence-electron chi connectivity index (χ4n) is 2.64. The van der Waals surface area contributed by atoms with Crippen LogP contribution in [0.15, 0.2) is 22.7 Å². The van der Waals surface area contributed by atoms with Crippen LogP contribution in [-0.4, -0.2) is 24.5 Å². The maximum atomic E-state index is 6.10. The van der Waals surface area contributed by atoms with Crippen molar-refractivity contribution in [2.24, 2.45) is 17.6 Å². The van der Waals surface area contributed by atoms with E-state index in [0.29, 0.717) is 18.4 Å². The van der Waals surface area contributed by atoms with E-state index in [1.807, 2.05) is 0 Å². The lowest BCUT2D eigenvalue weighted by atomic mass is 10.0. The zero-order chi connectivity index (χ0) is 15.3. The number of nitrogens with two attached hydrogens (primary N) is 1. The maximum absolute atomic E-state index is 6.10. The van der Waals surface area contributed by atoms with Gasteiger partial charge in [-0.15, -0.1) is 0 Å². The summed E-state index contributed by atoms with van der Waals surface area (Å²) in [5, 5.41) is 0. The van der Waals surface area contributed by atoms with Gasteiger partial charge in [0.2, 0.25) is 0 Å². The van der Waals surface area contributed by atoms with Crippen LogP contribution in [0.4, 0.5) is 0 Å². The molecule has 1 aromatic carbocycles. The third kappa shape index (κ3) is 5.19. The number of rotatable bonds is 7. The molecule has 0 aromatic heterocycles. The van der Waals surface area contributed by atoms with Gasteiger partial charge in [-0.05, 0) is 36.0 Å². The average Bonchev–Trinajstić information content (AvgIpc) is 2.31. The van der Waals surface area contributed by atoms with Crippen LogP contribution in [0.1, 0.15) is 44.9 Å². The molecular formula is C17H29BrN2. The summed E-state index contributed by atoms with van der Waals surface area (Å²) in [6.07, 6.45) is 0. The Labute approximate surface area is 132 Å². The van der Waals surface area contributed by atoms with E-state index in [1.165, 1.54) is 15.6 Å². The van der Waals surface area contributed by atoms with Crippen molar-refractivity contribution < 1.29 is 0 Å². The molecular weight excluding hydrogens is 312 g/mol. The van der Waals surface area contributed by atoms with Crippen molar-refractivity contribution in [3.63, 3.8) is 0 Å². The molecule has 2 N–H and O–H groups in total. The van der Waals surface area contributed by atoms with E-state index in [0.717, 1.165) is 13.1 Å². The Bertz CT molecular complexity index is 405. The van der Waals surface area contributed by atoms with E-state index in [2.05, 4.69) is 73.6 Å². The minimum atomic E-state index is 0.287. The molecule has 1 rings (SSSR count). The Morgan fingerprint density at radius 1 is 1.10 bits per heavy atom. The molecule has 0 saturated heterocycles. The zero-order valence-corrected chi connectivity index (χ0v) is 15.1. The second-order valence-electron chi connectivity index (χ2n) is 6.52. The molecule has 0 fully saturated rings. The minimum Gasteiger partial charge on any atom is -0.329 e. The minimum absolute atomic E-state index is 0.287. The molecule has 1 aromatic rings. The first-order chi connectivity index (χ1) is 9.35. The Kier molecular flexibility index (Phi) is 7.21. The van der Waals surface area contributed by atoms with Crippen molar-refractivity contribution in [2.45, 2.75) is 40.7 Å². The van der Waals surface area contributed by atoms with Gasteiger partial charge in [0.05, 0.1) is 0 Å². The molecule has 3 heteroatoms. The van der Waals surface area contributed by atoms with Crippen LogP contribution in [-0.2, 0) is 0 Å². The topological polar surface area (TPSA) is 29.3 Å². The van der Waals surface area contributed by atoms with Crippen LogP contribution < -0.4 is 5.73 Å². The van der Waals surface area contributed by atoms with Gasteiger partial charge in [0.1, 0.15) is 0 Å². The lowest BCUT2D eigenvalue weighted by Crippen LogP contribution is -2.38. The number of hydrogen-bond acceptors (Lipinski definition) is 2. The summed E-state index contributed by atoms with van der Waals surface area (Å²) >= 11 is 3.71. The quantitative estimate of drug-likeness (QED) is 0.798. The molecule has 0 radical (unpaired) electrons. The highest BCUT2D eigenvalue weighted by molar-refractivity contribution is 9.10. The van der Waals surface area contributed by atoms with Gasteiger partial charge >= 0.3 is 0 Å². The van der Waals surface area contributed by atoms with Crippen LogP contribution in [0.3, 0.4) is 0 Å². The van der Waals surface area contributed by atoms with E-state index < -0.39 is 0 Å². The molecule has 0 bridgehead atoms. The van der Waals surface area contributed by atoms with Crippen LogP contribution in [0.2, 0.25) is 0 Å². The smallest absolute Gasteiger partial charge is 0.0481 e. The first-order valence-corrected chi connectivity index (χ1v) is 8.34. The second kappa shape index (κ2) is 8.16. The first kappa shape index (κ1) is 17.7. The Balaban J connectivity index is 3.04. The fourth-order valence-corrected chi connectivity index (χ4v) is 3.40. The summed E-state index contributed by atoms with van der Waals surface area (Å²) in [5.41, 5.74) is 8.68. The summed E-state index contributed by atoms with van der Waals surface area (Å²) in [6.45, 7) is 14.0. The summed E-state index contributed by atoms with van der Waals surface area (Å²) in [4.78, 5) is 2.53. The van der Waals surface area contributed by atoms with Crippen LogP contribution in [0, 0.1) is 18.8 Å². The fraction of sp³-hybridized carbons (Fsp3) is 0.647. The highest BCUT2D eigenvalue weighted by Gasteiger charge is 2.22. The van der Waals surface area contributed by atoms with Gasteiger partial charge < -0.3 is 5.73 Å². The number of hydrogen-bond donors (Lipinski definition) is 1. The largest absolute Gasteiger partial charge is 0.329 e. The summed E-state index contributed by atoms with van der Waals surface area (Å²) in [5.74, 6) is 1.29. The molecule has 0 aliphatic heterocycles. The van der Waals surface area contributed by atoms with Crippen LogP contribution >= 0.6 is 15.9 Å². The van der Waals surface area contributed by atoms with Gasteiger partial charge in [-0.3, -0.25) is 4.90 Å². The Morgan fingerprint density at radius 3 is 2.05 bits per heavy atom. The monoisotopic (exact) mass is 340 g/mol. The lowest BCUT2D eigenvalue weighted by Gasteiger charge is -2.34. The lowest BCUT2D eigenvalue weighted by molar-refractivity contribution is 0.159. The highest BCUT2D eigenvalue weighted by atomic mass is 79.9. The molecule has 0 spiro atoms. The van der Waals surface area contributed by atoms with Gasteiger partial charge in [0, 0.05) is 30.1 Å². The Hall–Kier alpha value is -0.380. The van der Waals surface area contributed by atoms with Crippen molar-refractivity contribution in [1.82, 2.24) is 4.90 Å². The van der Waals surface area contributed by atoms with Crippen LogP contribution in [0.5, 0.6) is 0 Å². The summed E-state index contributed by atoms with van der Waals surface area (Å²) < 4.78 is 1.17. The predicted octanol–water partition coefficient (Wildman–Crippen LogP) is 4.37. The van der Waals surface area contributed by atoms with Crippen LogP contribution in [0.25, 0.3) is 0 Å². The molecule has 0 saturated carbocycles. The van der Waals surface area contributed by atoms with Gasteiger partial charge in [-0.2, -0.15) is 0 Å². The normalized spacial score (nSPS) is 13.5. The molecule has 0 aliphatic rings. The van der Waals surface area contributed by atoms with E-state index in [4.69, 9.17) is 5.73 Å². The Morgan fingerprint density at radius 2 is 1.65 bits per heavy atom. The van der Waals surface area contributed by atoms with E-state index >= 15 is 0 Å². The molecule has 114 valence electrons. The van der Waals surface area contributed by atoms with E-state index in [1.54, 1.807) is 0 Å². The van der Waals surface area contributed by atoms with E-state index in [9.17, 15) is 0 Å². The number of benzene rings is 1. The molecule has 2 nitrogen and oxygen atoms in total. The second-order valence-corrected chi connectivity index (χ2v) is 7.37. The summed E-state index contributed by atoms with van der Waals surface area (Å²) in [7, 11) is 0. The highest BCUT2D eigenvalue weighted by Crippen LogP contribution is 2.29. The molecule has 0 heterocycles. The molecule has 1 atom stereocenters. The number of halogens is 1. The predicted molar refractivity (Wildman–Crippen MR) is 91.9 cm³/mol. The molecule has 20 heavy (non-hydrogen) atoms. The summed E-state index contributed by atoms with van der Waals surface area (Å²) in [6, 6.07) is 6.85. The average molecular weight is 341 g/mol. The van der Waals surface area contributed by atoms with Crippen molar-refractivity contribution >= 4 is 15.9 Å². The molecule has 1 unspecified atom stereocenters. The zero-order valence-electron chi connectivity index (χ0n) is 13.5. The van der Waals surface area contributed by atoms with Crippen molar-refractivity contribution in [1.29, 1.82) is 0 Å². The van der Waals surface area contributed by atoms with Gasteiger partial charge in [-0.1, -0.05) is 55.8 Å². The van der Waals surface area contributed by atoms with E-state index in [-0.39, 0.29) is 6.04 Å². The standard InChI is InChI=1S/C17H29BrN2/c1-12(2)10-20(11-13(3)4)17(9-19)15-7-6-14(5)8-16(15)18/h6-8,12-13,17H,9-11,19H2,1-5H3.